The van der Waals surface area contributed by atoms with Gasteiger partial charge in [0.15, 0.2) is 23.0 Å². The van der Waals surface area contributed by atoms with Crippen molar-refractivity contribution in [1.29, 1.82) is 0 Å². The first-order chi connectivity index (χ1) is 9.40. The molecule has 0 atom stereocenters. The monoisotopic (exact) mass is 256 g/mol. The zero-order valence-corrected chi connectivity index (χ0v) is 10.2. The lowest BCUT2D eigenvalue weighted by molar-refractivity contribution is 0.174. The fraction of sp³-hybridized carbons (Fsp3) is 0.200. The molecule has 0 amide bonds. The molecule has 0 N–H and O–H groups in total. The minimum Gasteiger partial charge on any atom is -0.485 e. The molecule has 0 fully saturated rings. The van der Waals surface area contributed by atoms with Gasteiger partial charge in [-0.3, -0.25) is 0 Å². The second-order valence-electron chi connectivity index (χ2n) is 4.50. The summed E-state index contributed by atoms with van der Waals surface area (Å²) < 4.78 is 22.4. The van der Waals surface area contributed by atoms with Crippen LogP contribution in [-0.4, -0.2) is 6.79 Å². The summed E-state index contributed by atoms with van der Waals surface area (Å²) in [5, 5.41) is 0. The molecule has 4 nitrogen and oxygen atoms in total. The van der Waals surface area contributed by atoms with Crippen molar-refractivity contribution in [3.8, 4) is 23.0 Å². The number of hydrogen-bond acceptors (Lipinski definition) is 4. The quantitative estimate of drug-likeness (QED) is 0.726. The standard InChI is InChI=1S/C15H12O4/c1-2-4-13-12(3-1)16-7-10-5-14-15(19-9-18-14)6-11(10)8-17-13/h1-6H,7-9H2. The predicted octanol–water partition coefficient (Wildman–Crippen LogP) is 2.89. The topological polar surface area (TPSA) is 36.9 Å². The van der Waals surface area contributed by atoms with Crippen LogP contribution in [0.2, 0.25) is 0 Å². The molecule has 4 heteroatoms. The Morgan fingerprint density at radius 1 is 0.632 bits per heavy atom. The zero-order valence-electron chi connectivity index (χ0n) is 10.2. The summed E-state index contributed by atoms with van der Waals surface area (Å²) in [5.41, 5.74) is 2.14. The van der Waals surface area contributed by atoms with E-state index in [2.05, 4.69) is 0 Å². The van der Waals surface area contributed by atoms with Gasteiger partial charge in [0.1, 0.15) is 13.2 Å². The van der Waals surface area contributed by atoms with Crippen LogP contribution < -0.4 is 18.9 Å². The highest BCUT2D eigenvalue weighted by Gasteiger charge is 2.20. The molecule has 0 radical (unpaired) electrons. The second-order valence-corrected chi connectivity index (χ2v) is 4.50. The number of rotatable bonds is 0. The molecule has 2 aliphatic rings. The number of hydrogen-bond donors (Lipinski definition) is 0. The summed E-state index contributed by atoms with van der Waals surface area (Å²) in [5.74, 6) is 3.09. The van der Waals surface area contributed by atoms with E-state index in [0.717, 1.165) is 34.1 Å². The SMILES string of the molecule is c1ccc2c(c1)OCc1cc3c(cc1CO2)OCO3. The average molecular weight is 256 g/mol. The van der Waals surface area contributed by atoms with E-state index >= 15 is 0 Å². The Morgan fingerprint density at radius 2 is 1.16 bits per heavy atom. The van der Waals surface area contributed by atoms with Gasteiger partial charge in [-0.15, -0.1) is 0 Å². The van der Waals surface area contributed by atoms with E-state index in [1.54, 1.807) is 0 Å². The largest absolute Gasteiger partial charge is 0.485 e. The van der Waals surface area contributed by atoms with Gasteiger partial charge in [-0.1, -0.05) is 12.1 Å². The molecular weight excluding hydrogens is 244 g/mol. The van der Waals surface area contributed by atoms with E-state index in [1.807, 2.05) is 36.4 Å². The van der Waals surface area contributed by atoms with Crippen molar-refractivity contribution in [2.45, 2.75) is 13.2 Å². The highest BCUT2D eigenvalue weighted by atomic mass is 16.7. The Bertz CT molecular complexity index is 582. The predicted molar refractivity (Wildman–Crippen MR) is 67.7 cm³/mol. The average Bonchev–Trinajstić information content (AvgIpc) is 2.87. The Hall–Kier alpha value is -2.36. The molecule has 0 spiro atoms. The van der Waals surface area contributed by atoms with Crippen LogP contribution in [0.4, 0.5) is 0 Å². The molecule has 0 aromatic heterocycles. The van der Waals surface area contributed by atoms with Gasteiger partial charge in [-0.2, -0.15) is 0 Å². The smallest absolute Gasteiger partial charge is 0.231 e. The maximum absolute atomic E-state index is 5.79. The third-order valence-corrected chi connectivity index (χ3v) is 3.31. The van der Waals surface area contributed by atoms with E-state index in [9.17, 15) is 0 Å². The van der Waals surface area contributed by atoms with Crippen LogP contribution in [0.15, 0.2) is 36.4 Å². The fourth-order valence-electron chi connectivity index (χ4n) is 2.29. The Labute approximate surface area is 110 Å². The van der Waals surface area contributed by atoms with Crippen molar-refractivity contribution >= 4 is 0 Å². The van der Waals surface area contributed by atoms with E-state index in [4.69, 9.17) is 18.9 Å². The molecule has 2 aromatic rings. The third kappa shape index (κ3) is 1.76. The van der Waals surface area contributed by atoms with E-state index < -0.39 is 0 Å². The van der Waals surface area contributed by atoms with E-state index in [0.29, 0.717) is 13.2 Å². The van der Waals surface area contributed by atoms with Gasteiger partial charge in [-0.05, 0) is 35.4 Å². The normalized spacial score (nSPS) is 15.4. The molecule has 0 aliphatic carbocycles. The van der Waals surface area contributed by atoms with Crippen LogP contribution in [0.1, 0.15) is 11.1 Å². The first kappa shape index (κ1) is 10.6. The van der Waals surface area contributed by atoms with Gasteiger partial charge in [0.05, 0.1) is 0 Å². The van der Waals surface area contributed by atoms with Crippen LogP contribution in [0.5, 0.6) is 23.0 Å². The van der Waals surface area contributed by atoms with E-state index in [-0.39, 0.29) is 6.79 Å². The lowest BCUT2D eigenvalue weighted by Gasteiger charge is -2.19. The van der Waals surface area contributed by atoms with Crippen molar-refractivity contribution in [3.63, 3.8) is 0 Å². The molecule has 0 saturated heterocycles. The van der Waals surface area contributed by atoms with Crippen LogP contribution >= 0.6 is 0 Å². The van der Waals surface area contributed by atoms with Gasteiger partial charge >= 0.3 is 0 Å². The summed E-state index contributed by atoms with van der Waals surface area (Å²) in [7, 11) is 0. The van der Waals surface area contributed by atoms with Crippen molar-refractivity contribution in [2.24, 2.45) is 0 Å². The van der Waals surface area contributed by atoms with Gasteiger partial charge in [0, 0.05) is 0 Å². The fourth-order valence-corrected chi connectivity index (χ4v) is 2.29. The molecule has 0 bridgehead atoms. The zero-order chi connectivity index (χ0) is 12.7. The summed E-state index contributed by atoms with van der Waals surface area (Å²) in [6.07, 6.45) is 0. The Morgan fingerprint density at radius 3 is 1.68 bits per heavy atom. The van der Waals surface area contributed by atoms with Crippen LogP contribution in [0, 0.1) is 0 Å². The van der Waals surface area contributed by atoms with Crippen molar-refractivity contribution in [1.82, 2.24) is 0 Å². The third-order valence-electron chi connectivity index (χ3n) is 3.31. The van der Waals surface area contributed by atoms with E-state index in [1.165, 1.54) is 0 Å². The second kappa shape index (κ2) is 4.09. The highest BCUT2D eigenvalue weighted by Crippen LogP contribution is 2.37. The lowest BCUT2D eigenvalue weighted by Crippen LogP contribution is -2.08. The highest BCUT2D eigenvalue weighted by molar-refractivity contribution is 5.49. The molecule has 0 unspecified atom stereocenters. The van der Waals surface area contributed by atoms with Crippen molar-refractivity contribution in [3.05, 3.63) is 47.5 Å². The Kier molecular flexibility index (Phi) is 2.27. The lowest BCUT2D eigenvalue weighted by atomic mass is 10.1. The first-order valence-corrected chi connectivity index (χ1v) is 6.16. The van der Waals surface area contributed by atoms with Gasteiger partial charge in [0.25, 0.3) is 0 Å². The molecule has 2 heterocycles. The molecule has 0 saturated carbocycles. The minimum absolute atomic E-state index is 0.278. The van der Waals surface area contributed by atoms with Gasteiger partial charge in [-0.25, -0.2) is 0 Å². The molecule has 19 heavy (non-hydrogen) atoms. The summed E-state index contributed by atoms with van der Waals surface area (Å²) in [4.78, 5) is 0. The summed E-state index contributed by atoms with van der Waals surface area (Å²) >= 11 is 0. The number of ether oxygens (including phenoxy) is 4. The number of benzene rings is 2. The molecular formula is C15H12O4. The molecule has 96 valence electrons. The minimum atomic E-state index is 0.278. The van der Waals surface area contributed by atoms with Gasteiger partial charge in [0.2, 0.25) is 6.79 Å². The van der Waals surface area contributed by atoms with Crippen LogP contribution in [0.25, 0.3) is 0 Å². The Balaban J connectivity index is 1.73. The van der Waals surface area contributed by atoms with Crippen LogP contribution in [-0.2, 0) is 13.2 Å². The first-order valence-electron chi connectivity index (χ1n) is 6.16. The maximum atomic E-state index is 5.79. The number of fused-ring (bicyclic) bond motifs is 3. The van der Waals surface area contributed by atoms with Gasteiger partial charge < -0.3 is 18.9 Å². The molecule has 2 aliphatic heterocycles. The van der Waals surface area contributed by atoms with Crippen molar-refractivity contribution < 1.29 is 18.9 Å². The maximum Gasteiger partial charge on any atom is 0.231 e. The summed E-state index contributed by atoms with van der Waals surface area (Å²) in [6.45, 7) is 1.29. The van der Waals surface area contributed by atoms with Crippen LogP contribution in [0.3, 0.4) is 0 Å². The summed E-state index contributed by atoms with van der Waals surface area (Å²) in [6, 6.07) is 11.6. The molecule has 2 aromatic carbocycles. The molecule has 4 rings (SSSR count). The van der Waals surface area contributed by atoms with Crippen molar-refractivity contribution in [2.75, 3.05) is 6.79 Å². The number of para-hydroxylation sites is 2.